The van der Waals surface area contributed by atoms with Gasteiger partial charge >= 0.3 is 0 Å². The first-order chi connectivity index (χ1) is 7.79. The lowest BCUT2D eigenvalue weighted by molar-refractivity contribution is -0.126. The van der Waals surface area contributed by atoms with Crippen LogP contribution in [0.3, 0.4) is 0 Å². The number of Topliss-reactive ketones (excluding diaryl/α,β-unsaturated/α-hetero) is 1. The van der Waals surface area contributed by atoms with Gasteiger partial charge in [-0.05, 0) is 24.8 Å². The summed E-state index contributed by atoms with van der Waals surface area (Å²) in [5.41, 5.74) is 0.940. The number of hydrogen-bond acceptors (Lipinski definition) is 2. The number of carbonyl (C=O) groups excluding carboxylic acids is 1. The third-order valence-corrected chi connectivity index (χ3v) is 3.19. The van der Waals surface area contributed by atoms with E-state index in [1.807, 2.05) is 30.3 Å². The van der Waals surface area contributed by atoms with Crippen LogP contribution in [0.5, 0.6) is 0 Å². The Bertz CT molecular complexity index is 352. The Labute approximate surface area is 96.6 Å². The molecule has 2 nitrogen and oxygen atoms in total. The molecule has 1 aromatic rings. The van der Waals surface area contributed by atoms with Gasteiger partial charge < -0.3 is 4.74 Å². The number of ketones is 1. The van der Waals surface area contributed by atoms with E-state index in [1.54, 1.807) is 0 Å². The normalized spacial score (nSPS) is 17.1. The van der Waals surface area contributed by atoms with Gasteiger partial charge in [0.1, 0.15) is 6.61 Å². The van der Waals surface area contributed by atoms with Gasteiger partial charge in [0.2, 0.25) is 0 Å². The van der Waals surface area contributed by atoms with E-state index in [-0.39, 0.29) is 17.8 Å². The Hall–Kier alpha value is -1.15. The van der Waals surface area contributed by atoms with Crippen LogP contribution in [0.15, 0.2) is 30.3 Å². The Balaban J connectivity index is 2.00. The zero-order valence-electron chi connectivity index (χ0n) is 9.74. The number of carbonyl (C=O) groups is 1. The molecule has 0 unspecified atom stereocenters. The average Bonchev–Trinajstić information content (AvgIpc) is 3.12. The van der Waals surface area contributed by atoms with E-state index in [0.29, 0.717) is 6.61 Å². The van der Waals surface area contributed by atoms with Crippen molar-refractivity contribution < 1.29 is 9.53 Å². The summed E-state index contributed by atoms with van der Waals surface area (Å²) < 4.78 is 5.34. The Morgan fingerprint density at radius 1 is 1.31 bits per heavy atom. The second-order valence-corrected chi connectivity index (χ2v) is 4.42. The molecule has 0 aromatic heterocycles. The first-order valence-corrected chi connectivity index (χ1v) is 5.96. The second-order valence-electron chi connectivity index (χ2n) is 4.42. The van der Waals surface area contributed by atoms with E-state index in [2.05, 4.69) is 6.92 Å². The summed E-state index contributed by atoms with van der Waals surface area (Å²) in [6.45, 7) is 2.99. The minimum atomic E-state index is -0.213. The van der Waals surface area contributed by atoms with Crippen LogP contribution in [-0.2, 0) is 14.9 Å². The molecule has 1 aromatic carbocycles. The van der Waals surface area contributed by atoms with Crippen molar-refractivity contribution in [3.8, 4) is 0 Å². The molecule has 1 saturated carbocycles. The van der Waals surface area contributed by atoms with Crippen molar-refractivity contribution in [3.05, 3.63) is 35.9 Å². The lowest BCUT2D eigenvalue weighted by atomic mass is 9.92. The first kappa shape index (κ1) is 11.3. The summed E-state index contributed by atoms with van der Waals surface area (Å²) in [7, 11) is 0. The van der Waals surface area contributed by atoms with Gasteiger partial charge in [-0.3, -0.25) is 4.79 Å². The van der Waals surface area contributed by atoms with Crippen LogP contribution < -0.4 is 0 Å². The van der Waals surface area contributed by atoms with Crippen molar-refractivity contribution in [2.45, 2.75) is 31.6 Å². The molecular formula is C14H18O2. The Kier molecular flexibility index (Phi) is 3.39. The monoisotopic (exact) mass is 218 g/mol. The summed E-state index contributed by atoms with van der Waals surface area (Å²) in [4.78, 5) is 12.1. The van der Waals surface area contributed by atoms with Gasteiger partial charge in [0.15, 0.2) is 5.78 Å². The third kappa shape index (κ3) is 2.17. The molecule has 2 heteroatoms. The molecule has 0 saturated heterocycles. The number of hydrogen-bond donors (Lipinski definition) is 0. The van der Waals surface area contributed by atoms with Gasteiger partial charge in [0.05, 0.1) is 5.41 Å². The highest BCUT2D eigenvalue weighted by Crippen LogP contribution is 2.48. The van der Waals surface area contributed by atoms with Crippen molar-refractivity contribution in [1.82, 2.24) is 0 Å². The van der Waals surface area contributed by atoms with E-state index >= 15 is 0 Å². The van der Waals surface area contributed by atoms with Gasteiger partial charge in [-0.25, -0.2) is 0 Å². The van der Waals surface area contributed by atoms with Crippen LogP contribution in [0.25, 0.3) is 0 Å². The lowest BCUT2D eigenvalue weighted by Crippen LogP contribution is -2.25. The zero-order chi connectivity index (χ0) is 11.4. The smallest absolute Gasteiger partial charge is 0.168 e. The van der Waals surface area contributed by atoms with E-state index in [9.17, 15) is 4.79 Å². The highest BCUT2D eigenvalue weighted by molar-refractivity contribution is 5.94. The maximum absolute atomic E-state index is 12.1. The molecule has 1 aliphatic carbocycles. The Morgan fingerprint density at radius 3 is 2.56 bits per heavy atom. The van der Waals surface area contributed by atoms with Crippen molar-refractivity contribution in [2.24, 2.45) is 0 Å². The quantitative estimate of drug-likeness (QED) is 0.686. The highest BCUT2D eigenvalue weighted by atomic mass is 16.5. The van der Waals surface area contributed by atoms with Crippen molar-refractivity contribution in [3.63, 3.8) is 0 Å². The molecule has 0 radical (unpaired) electrons. The van der Waals surface area contributed by atoms with E-state index in [0.717, 1.165) is 24.8 Å². The predicted molar refractivity (Wildman–Crippen MR) is 63.5 cm³/mol. The molecule has 0 bridgehead atoms. The molecule has 0 amide bonds. The summed E-state index contributed by atoms with van der Waals surface area (Å²) in [6, 6.07) is 10.1. The van der Waals surface area contributed by atoms with Crippen LogP contribution in [-0.4, -0.2) is 19.0 Å². The van der Waals surface area contributed by atoms with Gasteiger partial charge in [0.25, 0.3) is 0 Å². The van der Waals surface area contributed by atoms with E-state index in [1.165, 1.54) is 0 Å². The fraction of sp³-hybridized carbons (Fsp3) is 0.500. The lowest BCUT2D eigenvalue weighted by Gasteiger charge is -2.14. The summed E-state index contributed by atoms with van der Waals surface area (Å²) >= 11 is 0. The average molecular weight is 218 g/mol. The molecule has 0 spiro atoms. The van der Waals surface area contributed by atoms with E-state index < -0.39 is 0 Å². The number of rotatable bonds is 6. The van der Waals surface area contributed by atoms with Gasteiger partial charge in [0, 0.05) is 6.61 Å². The molecular weight excluding hydrogens is 200 g/mol. The molecule has 0 N–H and O–H groups in total. The van der Waals surface area contributed by atoms with Crippen LogP contribution >= 0.6 is 0 Å². The van der Waals surface area contributed by atoms with Crippen LogP contribution in [0.1, 0.15) is 31.7 Å². The molecule has 0 heterocycles. The maximum atomic E-state index is 12.1. The minimum Gasteiger partial charge on any atom is -0.374 e. The number of ether oxygens (including phenoxy) is 1. The van der Waals surface area contributed by atoms with Crippen LogP contribution in [0.2, 0.25) is 0 Å². The number of benzene rings is 1. The fourth-order valence-corrected chi connectivity index (χ4v) is 2.06. The van der Waals surface area contributed by atoms with Gasteiger partial charge in [-0.15, -0.1) is 0 Å². The molecule has 2 rings (SSSR count). The summed E-state index contributed by atoms with van der Waals surface area (Å²) in [5, 5.41) is 0. The highest BCUT2D eigenvalue weighted by Gasteiger charge is 2.50. The summed E-state index contributed by atoms with van der Waals surface area (Å²) in [6.07, 6.45) is 2.92. The topological polar surface area (TPSA) is 26.3 Å². The molecule has 0 aliphatic heterocycles. The Morgan fingerprint density at radius 2 is 2.00 bits per heavy atom. The second kappa shape index (κ2) is 4.79. The molecule has 86 valence electrons. The van der Waals surface area contributed by atoms with Crippen LogP contribution in [0.4, 0.5) is 0 Å². The fourth-order valence-electron chi connectivity index (χ4n) is 2.06. The summed E-state index contributed by atoms with van der Waals surface area (Å²) in [5.74, 6) is 0.243. The van der Waals surface area contributed by atoms with Crippen molar-refractivity contribution in [2.75, 3.05) is 13.2 Å². The van der Waals surface area contributed by atoms with Gasteiger partial charge in [-0.2, -0.15) is 0 Å². The molecule has 1 fully saturated rings. The molecule has 1 aliphatic rings. The largest absolute Gasteiger partial charge is 0.374 e. The van der Waals surface area contributed by atoms with Crippen LogP contribution in [0, 0.1) is 0 Å². The zero-order valence-corrected chi connectivity index (χ0v) is 9.74. The van der Waals surface area contributed by atoms with Gasteiger partial charge in [-0.1, -0.05) is 37.3 Å². The van der Waals surface area contributed by atoms with Crippen molar-refractivity contribution >= 4 is 5.78 Å². The van der Waals surface area contributed by atoms with E-state index in [4.69, 9.17) is 4.74 Å². The molecule has 16 heavy (non-hydrogen) atoms. The minimum absolute atomic E-state index is 0.213. The van der Waals surface area contributed by atoms with Crippen molar-refractivity contribution in [1.29, 1.82) is 0 Å². The molecule has 0 atom stereocenters. The third-order valence-electron chi connectivity index (χ3n) is 3.19. The SMILES string of the molecule is CCCOCC(=O)C1(c2ccccc2)CC1. The first-order valence-electron chi connectivity index (χ1n) is 5.96. The standard InChI is InChI=1S/C14H18O2/c1-2-10-16-11-13(15)14(8-9-14)12-6-4-3-5-7-12/h3-7H,2,8-11H2,1H3. The predicted octanol–water partition coefficient (Wildman–Crippen LogP) is 2.71. The maximum Gasteiger partial charge on any atom is 0.168 e.